The molecule has 2 aliphatic rings. The first-order chi connectivity index (χ1) is 8.84. The summed E-state index contributed by atoms with van der Waals surface area (Å²) in [5, 5.41) is 0. The van der Waals surface area contributed by atoms with Crippen LogP contribution in [0.4, 0.5) is 0 Å². The fraction of sp³-hybridized carbons (Fsp3) is 0.529. The van der Waals surface area contributed by atoms with Crippen molar-refractivity contribution in [2.45, 2.75) is 51.2 Å². The summed E-state index contributed by atoms with van der Waals surface area (Å²) in [5.41, 5.74) is 2.67. The molecule has 1 saturated carbocycles. The molecule has 2 fully saturated rings. The van der Waals surface area contributed by atoms with Crippen molar-refractivity contribution in [2.75, 3.05) is 0 Å². The minimum atomic E-state index is 0.397. The fourth-order valence-electron chi connectivity index (χ4n) is 3.21. The summed E-state index contributed by atoms with van der Waals surface area (Å²) in [6.07, 6.45) is 10.2. The van der Waals surface area contributed by atoms with Crippen molar-refractivity contribution in [3.8, 4) is 0 Å². The van der Waals surface area contributed by atoms with Gasteiger partial charge in [-0.3, -0.25) is 0 Å². The lowest BCUT2D eigenvalue weighted by Gasteiger charge is -2.19. The van der Waals surface area contributed by atoms with Gasteiger partial charge < -0.3 is 4.74 Å². The summed E-state index contributed by atoms with van der Waals surface area (Å²) in [7, 11) is 0. The molecule has 2 atom stereocenters. The van der Waals surface area contributed by atoms with Gasteiger partial charge in [0.15, 0.2) is 0 Å². The fourth-order valence-corrected chi connectivity index (χ4v) is 3.21. The molecule has 0 amide bonds. The molecule has 1 aliphatic heterocycles. The molecule has 0 aromatic heterocycles. The zero-order valence-corrected chi connectivity index (χ0v) is 11.1. The molecule has 96 valence electrons. The maximum atomic E-state index is 5.92. The lowest BCUT2D eigenvalue weighted by atomic mass is 9.85. The van der Waals surface area contributed by atoms with E-state index in [2.05, 4.69) is 43.3 Å². The van der Waals surface area contributed by atoms with Crippen LogP contribution in [0.3, 0.4) is 0 Å². The molecule has 3 rings (SSSR count). The van der Waals surface area contributed by atoms with Crippen LogP contribution in [0.1, 0.15) is 44.6 Å². The third kappa shape index (κ3) is 2.67. The molecule has 0 radical (unpaired) electrons. The van der Waals surface area contributed by atoms with Crippen molar-refractivity contribution < 1.29 is 4.74 Å². The highest BCUT2D eigenvalue weighted by atomic mass is 16.6. The highest BCUT2D eigenvalue weighted by molar-refractivity contribution is 5.54. The highest BCUT2D eigenvalue weighted by Gasteiger charge is 2.45. The van der Waals surface area contributed by atoms with Crippen LogP contribution in [0.2, 0.25) is 0 Å². The van der Waals surface area contributed by atoms with Crippen LogP contribution in [-0.4, -0.2) is 12.2 Å². The zero-order valence-electron chi connectivity index (χ0n) is 11.1. The third-order valence-corrected chi connectivity index (χ3v) is 4.28. The Morgan fingerprint density at radius 2 is 1.83 bits per heavy atom. The molecule has 1 aromatic carbocycles. The van der Waals surface area contributed by atoms with Crippen molar-refractivity contribution in [3.05, 3.63) is 41.5 Å². The molecule has 1 aliphatic carbocycles. The van der Waals surface area contributed by atoms with Crippen LogP contribution in [0, 0.1) is 5.92 Å². The van der Waals surface area contributed by atoms with E-state index in [1.807, 2.05) is 0 Å². The second-order valence-electron chi connectivity index (χ2n) is 5.72. The third-order valence-electron chi connectivity index (χ3n) is 4.28. The summed E-state index contributed by atoms with van der Waals surface area (Å²) < 4.78 is 5.92. The molecule has 1 saturated heterocycles. The maximum absolute atomic E-state index is 5.92. The second-order valence-corrected chi connectivity index (χ2v) is 5.72. The molecule has 18 heavy (non-hydrogen) atoms. The summed E-state index contributed by atoms with van der Waals surface area (Å²) in [4.78, 5) is 0. The van der Waals surface area contributed by atoms with Gasteiger partial charge in [-0.1, -0.05) is 55.7 Å². The van der Waals surface area contributed by atoms with E-state index in [1.165, 1.54) is 43.2 Å². The van der Waals surface area contributed by atoms with Gasteiger partial charge >= 0.3 is 0 Å². The van der Waals surface area contributed by atoms with Gasteiger partial charge in [0.05, 0.1) is 6.10 Å². The number of benzene rings is 1. The summed E-state index contributed by atoms with van der Waals surface area (Å²) in [6, 6.07) is 10.5. The molecule has 0 unspecified atom stereocenters. The molecular weight excluding hydrogens is 220 g/mol. The van der Waals surface area contributed by atoms with Crippen molar-refractivity contribution in [3.63, 3.8) is 0 Å². The molecule has 1 heterocycles. The minimum absolute atomic E-state index is 0.397. The second kappa shape index (κ2) is 5.27. The Hall–Kier alpha value is -1.08. The predicted octanol–water partition coefficient (Wildman–Crippen LogP) is 4.44. The van der Waals surface area contributed by atoms with E-state index in [-0.39, 0.29) is 0 Å². The SMILES string of the molecule is C/C(=C\c1ccccc1)[C@H]1O[C@@H]1C1CCCCC1. The molecule has 1 heteroatoms. The maximum Gasteiger partial charge on any atom is 0.106 e. The van der Waals surface area contributed by atoms with E-state index in [1.54, 1.807) is 0 Å². The molecule has 1 aromatic rings. The predicted molar refractivity (Wildman–Crippen MR) is 75.3 cm³/mol. The molecule has 1 nitrogen and oxygen atoms in total. The van der Waals surface area contributed by atoms with E-state index < -0.39 is 0 Å². The Kier molecular flexibility index (Phi) is 3.51. The standard InChI is InChI=1S/C17H22O/c1-13(12-14-8-4-2-5-9-14)16-17(18-16)15-10-6-3-7-11-15/h2,4-5,8-9,12,15-17H,3,6-7,10-11H2,1H3/b13-12+/t16-,17-/m1/s1. The van der Waals surface area contributed by atoms with E-state index >= 15 is 0 Å². The van der Waals surface area contributed by atoms with Gasteiger partial charge in [0, 0.05) is 0 Å². The van der Waals surface area contributed by atoms with Gasteiger partial charge in [-0.25, -0.2) is 0 Å². The largest absolute Gasteiger partial charge is 0.365 e. The quantitative estimate of drug-likeness (QED) is 0.714. The van der Waals surface area contributed by atoms with Gasteiger partial charge in [0.25, 0.3) is 0 Å². The van der Waals surface area contributed by atoms with Crippen LogP contribution in [0.15, 0.2) is 35.9 Å². The van der Waals surface area contributed by atoms with Crippen molar-refractivity contribution in [2.24, 2.45) is 5.92 Å². The number of rotatable bonds is 3. The first kappa shape index (κ1) is 12.0. The van der Waals surface area contributed by atoms with E-state index in [9.17, 15) is 0 Å². The lowest BCUT2D eigenvalue weighted by Crippen LogP contribution is -2.14. The Balaban J connectivity index is 1.61. The monoisotopic (exact) mass is 242 g/mol. The van der Waals surface area contributed by atoms with Crippen molar-refractivity contribution in [1.29, 1.82) is 0 Å². The minimum Gasteiger partial charge on any atom is -0.365 e. The number of ether oxygens (including phenoxy) is 1. The Bertz CT molecular complexity index is 414. The first-order valence-corrected chi connectivity index (χ1v) is 7.23. The topological polar surface area (TPSA) is 12.5 Å². The van der Waals surface area contributed by atoms with Gasteiger partial charge in [0.2, 0.25) is 0 Å². The number of hydrogen-bond donors (Lipinski definition) is 0. The Morgan fingerprint density at radius 1 is 1.11 bits per heavy atom. The van der Waals surface area contributed by atoms with Gasteiger partial charge in [-0.2, -0.15) is 0 Å². The first-order valence-electron chi connectivity index (χ1n) is 7.23. The Labute approximate surface area is 110 Å². The van der Waals surface area contributed by atoms with Gasteiger partial charge in [-0.05, 0) is 36.8 Å². The average molecular weight is 242 g/mol. The van der Waals surface area contributed by atoms with E-state index in [0.29, 0.717) is 12.2 Å². The summed E-state index contributed by atoms with van der Waals surface area (Å²) in [5.74, 6) is 0.822. The molecular formula is C17H22O. The molecule has 0 bridgehead atoms. The molecule has 0 N–H and O–H groups in total. The Morgan fingerprint density at radius 3 is 2.56 bits per heavy atom. The number of hydrogen-bond acceptors (Lipinski definition) is 1. The van der Waals surface area contributed by atoms with Gasteiger partial charge in [0.1, 0.15) is 6.10 Å². The highest BCUT2D eigenvalue weighted by Crippen LogP contribution is 2.41. The number of epoxide rings is 1. The van der Waals surface area contributed by atoms with Crippen LogP contribution in [0.5, 0.6) is 0 Å². The average Bonchev–Trinajstić information content (AvgIpc) is 3.21. The summed E-state index contributed by atoms with van der Waals surface area (Å²) >= 11 is 0. The van der Waals surface area contributed by atoms with Crippen LogP contribution in [0.25, 0.3) is 6.08 Å². The van der Waals surface area contributed by atoms with Crippen molar-refractivity contribution >= 4 is 6.08 Å². The smallest absolute Gasteiger partial charge is 0.106 e. The summed E-state index contributed by atoms with van der Waals surface area (Å²) in [6.45, 7) is 2.21. The van der Waals surface area contributed by atoms with Crippen molar-refractivity contribution in [1.82, 2.24) is 0 Å². The lowest BCUT2D eigenvalue weighted by molar-refractivity contribution is 0.264. The van der Waals surface area contributed by atoms with E-state index in [4.69, 9.17) is 4.74 Å². The van der Waals surface area contributed by atoms with Crippen LogP contribution < -0.4 is 0 Å². The van der Waals surface area contributed by atoms with Crippen LogP contribution in [-0.2, 0) is 4.74 Å². The normalized spacial score (nSPS) is 29.3. The van der Waals surface area contributed by atoms with Gasteiger partial charge in [-0.15, -0.1) is 0 Å². The van der Waals surface area contributed by atoms with Crippen LogP contribution >= 0.6 is 0 Å². The van der Waals surface area contributed by atoms with E-state index in [0.717, 1.165) is 5.92 Å². The molecule has 0 spiro atoms. The zero-order chi connectivity index (χ0) is 12.4.